The van der Waals surface area contributed by atoms with Crippen molar-refractivity contribution in [3.63, 3.8) is 0 Å². The van der Waals surface area contributed by atoms with Crippen LogP contribution in [0.1, 0.15) is 42.9 Å². The quantitative estimate of drug-likeness (QED) is 0.784. The van der Waals surface area contributed by atoms with Crippen molar-refractivity contribution in [3.8, 4) is 11.5 Å². The van der Waals surface area contributed by atoms with E-state index < -0.39 is 11.8 Å². The minimum Gasteiger partial charge on any atom is -0.460 e. The van der Waals surface area contributed by atoms with E-state index in [9.17, 15) is 9.18 Å². The van der Waals surface area contributed by atoms with E-state index in [1.807, 2.05) is 13.8 Å². The lowest BCUT2D eigenvalue weighted by Crippen LogP contribution is -2.07. The number of halogens is 2. The first kappa shape index (κ1) is 15.5. The maximum Gasteiger partial charge on any atom is 0.376 e. The summed E-state index contributed by atoms with van der Waals surface area (Å²) < 4.78 is 23.7. The zero-order valence-electron chi connectivity index (χ0n) is 11.9. The Morgan fingerprint density at radius 1 is 1.48 bits per heavy atom. The highest BCUT2D eigenvalue weighted by Crippen LogP contribution is 2.29. The summed E-state index contributed by atoms with van der Waals surface area (Å²) in [5.74, 6) is -0.821. The third kappa shape index (κ3) is 3.24. The van der Waals surface area contributed by atoms with Crippen LogP contribution in [0.15, 0.2) is 22.6 Å². The molecule has 0 aliphatic rings. The fraction of sp³-hybridized carbons (Fsp3) is 0.333. The fourth-order valence-electron chi connectivity index (χ4n) is 1.82. The van der Waals surface area contributed by atoms with Gasteiger partial charge in [-0.2, -0.15) is 0 Å². The van der Waals surface area contributed by atoms with Crippen molar-refractivity contribution in [2.75, 3.05) is 6.61 Å². The average Bonchev–Trinajstić information content (AvgIpc) is 2.87. The topological polar surface area (TPSA) is 52.3 Å². The van der Waals surface area contributed by atoms with Gasteiger partial charge in [-0.15, -0.1) is 0 Å². The molecule has 0 saturated carbocycles. The third-order valence-corrected chi connectivity index (χ3v) is 3.12. The molecule has 112 valence electrons. The molecule has 0 amide bonds. The lowest BCUT2D eigenvalue weighted by atomic mass is 10.1. The Kier molecular flexibility index (Phi) is 4.63. The highest BCUT2D eigenvalue weighted by Gasteiger charge is 2.24. The molecule has 0 fully saturated rings. The first-order valence-electron chi connectivity index (χ1n) is 6.57. The molecule has 0 bridgehead atoms. The van der Waals surface area contributed by atoms with Crippen LogP contribution in [0, 0.1) is 5.82 Å². The van der Waals surface area contributed by atoms with Crippen LogP contribution in [0.25, 0.3) is 11.5 Å². The molecule has 0 radical (unpaired) electrons. The lowest BCUT2D eigenvalue weighted by Gasteiger charge is -2.02. The molecule has 2 aromatic rings. The van der Waals surface area contributed by atoms with Crippen LogP contribution in [0.5, 0.6) is 0 Å². The molecule has 0 N–H and O–H groups in total. The van der Waals surface area contributed by atoms with Gasteiger partial charge in [-0.1, -0.05) is 25.4 Å². The Hall–Kier alpha value is -1.88. The second-order valence-corrected chi connectivity index (χ2v) is 5.14. The summed E-state index contributed by atoms with van der Waals surface area (Å²) in [5.41, 5.74) is 1.00. The molecule has 0 spiro atoms. The van der Waals surface area contributed by atoms with E-state index in [2.05, 4.69) is 4.98 Å². The van der Waals surface area contributed by atoms with E-state index in [0.29, 0.717) is 11.3 Å². The molecule has 0 saturated heterocycles. The van der Waals surface area contributed by atoms with Crippen molar-refractivity contribution in [3.05, 3.63) is 40.5 Å². The number of carbonyl (C=O) groups excluding carboxylic acids is 1. The summed E-state index contributed by atoms with van der Waals surface area (Å²) in [4.78, 5) is 16.2. The van der Waals surface area contributed by atoms with Crippen LogP contribution in [-0.4, -0.2) is 17.6 Å². The van der Waals surface area contributed by atoms with Gasteiger partial charge in [-0.3, -0.25) is 0 Å². The Morgan fingerprint density at radius 3 is 2.76 bits per heavy atom. The first-order valence-corrected chi connectivity index (χ1v) is 6.95. The van der Waals surface area contributed by atoms with E-state index in [1.165, 1.54) is 18.2 Å². The summed E-state index contributed by atoms with van der Waals surface area (Å²) in [6.45, 7) is 5.74. The third-order valence-electron chi connectivity index (χ3n) is 2.83. The van der Waals surface area contributed by atoms with Gasteiger partial charge < -0.3 is 9.15 Å². The number of rotatable bonds is 4. The minimum atomic E-state index is -0.562. The number of esters is 1. The minimum absolute atomic E-state index is 0.0159. The average molecular weight is 312 g/mol. The van der Waals surface area contributed by atoms with Gasteiger partial charge in [0.2, 0.25) is 11.7 Å². The van der Waals surface area contributed by atoms with Crippen molar-refractivity contribution in [2.45, 2.75) is 26.7 Å². The number of hydrogen-bond donors (Lipinski definition) is 0. The highest BCUT2D eigenvalue weighted by atomic mass is 35.5. The Morgan fingerprint density at radius 2 is 2.19 bits per heavy atom. The van der Waals surface area contributed by atoms with E-state index in [1.54, 1.807) is 6.92 Å². The summed E-state index contributed by atoms with van der Waals surface area (Å²) >= 11 is 5.75. The molecular weight excluding hydrogens is 297 g/mol. The maximum atomic E-state index is 13.2. The van der Waals surface area contributed by atoms with Gasteiger partial charge in [0.1, 0.15) is 5.82 Å². The molecule has 1 heterocycles. The molecule has 1 aromatic heterocycles. The molecule has 21 heavy (non-hydrogen) atoms. The van der Waals surface area contributed by atoms with E-state index >= 15 is 0 Å². The molecule has 0 atom stereocenters. The van der Waals surface area contributed by atoms with Crippen LogP contribution in [0.2, 0.25) is 5.02 Å². The molecule has 1 aromatic carbocycles. The highest BCUT2D eigenvalue weighted by molar-refractivity contribution is 6.31. The molecule has 4 nitrogen and oxygen atoms in total. The van der Waals surface area contributed by atoms with Crippen LogP contribution < -0.4 is 0 Å². The number of aromatic nitrogens is 1. The van der Waals surface area contributed by atoms with Gasteiger partial charge in [0.25, 0.3) is 0 Å². The van der Waals surface area contributed by atoms with Crippen LogP contribution in [0.4, 0.5) is 4.39 Å². The van der Waals surface area contributed by atoms with E-state index in [-0.39, 0.29) is 29.2 Å². The molecule has 0 unspecified atom stereocenters. The standard InChI is InChI=1S/C15H15ClFNO3/c1-4-20-15(19)13-12(8(2)3)18-14(21-13)9-5-6-11(17)10(16)7-9/h5-8H,4H2,1-3H3. The largest absolute Gasteiger partial charge is 0.460 e. The fourth-order valence-corrected chi connectivity index (χ4v) is 2.00. The molecule has 0 aliphatic heterocycles. The predicted molar refractivity (Wildman–Crippen MR) is 77.0 cm³/mol. The first-order chi connectivity index (χ1) is 9.93. The van der Waals surface area contributed by atoms with Crippen LogP contribution in [0.3, 0.4) is 0 Å². The Labute approximate surface area is 126 Å². The number of ether oxygens (including phenoxy) is 1. The van der Waals surface area contributed by atoms with Gasteiger partial charge in [0.15, 0.2) is 0 Å². The van der Waals surface area contributed by atoms with Crippen molar-refractivity contribution in [1.82, 2.24) is 4.98 Å². The number of nitrogens with zero attached hydrogens (tertiary/aromatic N) is 1. The summed E-state index contributed by atoms with van der Waals surface area (Å²) in [5, 5.41) is -0.0329. The Balaban J connectivity index is 2.48. The Bertz CT molecular complexity index is 667. The normalized spacial score (nSPS) is 11.0. The molecular formula is C15H15ClFNO3. The predicted octanol–water partition coefficient (Wildman–Crippen LogP) is 4.43. The van der Waals surface area contributed by atoms with E-state index in [0.717, 1.165) is 0 Å². The lowest BCUT2D eigenvalue weighted by molar-refractivity contribution is 0.0488. The van der Waals surface area contributed by atoms with Crippen molar-refractivity contribution in [2.24, 2.45) is 0 Å². The molecule has 6 heteroatoms. The van der Waals surface area contributed by atoms with E-state index in [4.69, 9.17) is 20.8 Å². The molecule has 0 aliphatic carbocycles. The van der Waals surface area contributed by atoms with Crippen LogP contribution in [-0.2, 0) is 4.74 Å². The number of hydrogen-bond acceptors (Lipinski definition) is 4. The zero-order chi connectivity index (χ0) is 15.6. The van der Waals surface area contributed by atoms with Gasteiger partial charge in [-0.25, -0.2) is 14.2 Å². The SMILES string of the molecule is CCOC(=O)c1oc(-c2ccc(F)c(Cl)c2)nc1C(C)C. The van der Waals surface area contributed by atoms with Gasteiger partial charge in [0.05, 0.1) is 17.3 Å². The zero-order valence-corrected chi connectivity index (χ0v) is 12.7. The smallest absolute Gasteiger partial charge is 0.376 e. The van der Waals surface area contributed by atoms with Crippen LogP contribution >= 0.6 is 11.6 Å². The monoisotopic (exact) mass is 311 g/mol. The molecule has 2 rings (SSSR count). The number of benzene rings is 1. The summed E-state index contributed by atoms with van der Waals surface area (Å²) in [7, 11) is 0. The number of oxazole rings is 1. The van der Waals surface area contributed by atoms with Crippen molar-refractivity contribution < 1.29 is 18.3 Å². The van der Waals surface area contributed by atoms with Gasteiger partial charge >= 0.3 is 5.97 Å². The number of carbonyl (C=O) groups is 1. The van der Waals surface area contributed by atoms with Gasteiger partial charge in [0, 0.05) is 5.56 Å². The second-order valence-electron chi connectivity index (χ2n) is 4.74. The van der Waals surface area contributed by atoms with Gasteiger partial charge in [-0.05, 0) is 31.0 Å². The van der Waals surface area contributed by atoms with Crippen molar-refractivity contribution >= 4 is 17.6 Å². The second kappa shape index (κ2) is 6.26. The maximum absolute atomic E-state index is 13.2. The summed E-state index contributed by atoms with van der Waals surface area (Å²) in [6.07, 6.45) is 0. The van der Waals surface area contributed by atoms with Crippen molar-refractivity contribution in [1.29, 1.82) is 0 Å². The summed E-state index contributed by atoms with van der Waals surface area (Å²) in [6, 6.07) is 4.12.